The molecule has 1 aliphatic rings. The third-order valence-corrected chi connectivity index (χ3v) is 3.37. The van der Waals surface area contributed by atoms with Gasteiger partial charge in [-0.15, -0.1) is 0 Å². The number of hydrogen-bond acceptors (Lipinski definition) is 4. The van der Waals surface area contributed by atoms with E-state index in [1.807, 2.05) is 12.1 Å². The summed E-state index contributed by atoms with van der Waals surface area (Å²) >= 11 is 6.22. The molecule has 1 aromatic rings. The van der Waals surface area contributed by atoms with E-state index in [1.165, 1.54) is 0 Å². The van der Waals surface area contributed by atoms with Crippen LogP contribution in [0.1, 0.15) is 26.5 Å². The first-order valence-corrected chi connectivity index (χ1v) is 7.07. The summed E-state index contributed by atoms with van der Waals surface area (Å²) in [6, 6.07) is 3.91. The van der Waals surface area contributed by atoms with Gasteiger partial charge in [0.25, 0.3) is 0 Å². The van der Waals surface area contributed by atoms with Crippen LogP contribution in [0.5, 0.6) is 0 Å². The number of rotatable bonds is 3. The highest BCUT2D eigenvalue weighted by atomic mass is 35.5. The second-order valence-electron chi connectivity index (χ2n) is 5.80. The van der Waals surface area contributed by atoms with E-state index in [1.54, 1.807) is 0 Å². The van der Waals surface area contributed by atoms with Gasteiger partial charge < -0.3 is 15.0 Å². The van der Waals surface area contributed by atoms with Crippen LogP contribution in [0.4, 0.5) is 5.82 Å². The predicted molar refractivity (Wildman–Crippen MR) is 78.9 cm³/mol. The van der Waals surface area contributed by atoms with Crippen molar-refractivity contribution in [3.05, 3.63) is 22.8 Å². The average molecular weight is 284 g/mol. The third-order valence-electron chi connectivity index (χ3n) is 3.03. The molecule has 0 aromatic carbocycles. The van der Waals surface area contributed by atoms with Gasteiger partial charge >= 0.3 is 0 Å². The minimum absolute atomic E-state index is 0.0555. The fourth-order valence-corrected chi connectivity index (χ4v) is 2.09. The molecule has 1 aliphatic heterocycles. The van der Waals surface area contributed by atoms with E-state index in [2.05, 4.69) is 36.0 Å². The van der Waals surface area contributed by atoms with Gasteiger partial charge in [0, 0.05) is 25.2 Å². The Morgan fingerprint density at radius 3 is 2.63 bits per heavy atom. The smallest absolute Gasteiger partial charge is 0.129 e. The molecule has 0 aliphatic carbocycles. The topological polar surface area (TPSA) is 37.4 Å². The van der Waals surface area contributed by atoms with E-state index in [4.69, 9.17) is 16.3 Å². The maximum absolute atomic E-state index is 6.22. The fraction of sp³-hybridized carbons (Fsp3) is 0.643. The molecule has 1 saturated heterocycles. The summed E-state index contributed by atoms with van der Waals surface area (Å²) in [5, 5.41) is 4.14. The Morgan fingerprint density at radius 1 is 1.32 bits per heavy atom. The second kappa shape index (κ2) is 6.07. The molecule has 4 nitrogen and oxygen atoms in total. The summed E-state index contributed by atoms with van der Waals surface area (Å²) < 4.78 is 5.36. The molecule has 5 heteroatoms. The molecule has 106 valence electrons. The molecule has 2 heterocycles. The lowest BCUT2D eigenvalue weighted by Crippen LogP contribution is -2.37. The second-order valence-corrected chi connectivity index (χ2v) is 6.21. The molecule has 0 spiro atoms. The van der Waals surface area contributed by atoms with E-state index in [-0.39, 0.29) is 5.54 Å². The van der Waals surface area contributed by atoms with Crippen molar-refractivity contribution < 1.29 is 4.74 Å². The number of ether oxygens (including phenoxy) is 1. The van der Waals surface area contributed by atoms with E-state index < -0.39 is 0 Å². The lowest BCUT2D eigenvalue weighted by molar-refractivity contribution is 0.122. The Morgan fingerprint density at radius 2 is 2.00 bits per heavy atom. The van der Waals surface area contributed by atoms with Gasteiger partial charge in [0.2, 0.25) is 0 Å². The van der Waals surface area contributed by atoms with Gasteiger partial charge in [-0.25, -0.2) is 4.98 Å². The standard InChI is InChI=1S/C14H22ClN3O/c1-14(2,3)16-10-12-11(15)4-5-13(17-12)18-6-8-19-9-7-18/h4-5,16H,6-10H2,1-3H3. The van der Waals surface area contributed by atoms with Crippen molar-refractivity contribution in [2.24, 2.45) is 0 Å². The number of hydrogen-bond donors (Lipinski definition) is 1. The van der Waals surface area contributed by atoms with Crippen LogP contribution >= 0.6 is 11.6 Å². The quantitative estimate of drug-likeness (QED) is 0.925. The Labute approximate surface area is 120 Å². The first-order valence-electron chi connectivity index (χ1n) is 6.69. The first kappa shape index (κ1) is 14.6. The molecular weight excluding hydrogens is 262 g/mol. The monoisotopic (exact) mass is 283 g/mol. The van der Waals surface area contributed by atoms with Crippen LogP contribution in [0, 0.1) is 0 Å². The fourth-order valence-electron chi connectivity index (χ4n) is 1.91. The Hall–Kier alpha value is -0.840. The molecule has 0 unspecified atom stereocenters. The molecule has 19 heavy (non-hydrogen) atoms. The summed E-state index contributed by atoms with van der Waals surface area (Å²) in [4.78, 5) is 6.91. The number of morpholine rings is 1. The van der Waals surface area contributed by atoms with Crippen LogP contribution in [0.2, 0.25) is 5.02 Å². The van der Waals surface area contributed by atoms with Crippen LogP contribution in [0.25, 0.3) is 0 Å². The molecule has 0 saturated carbocycles. The maximum Gasteiger partial charge on any atom is 0.129 e. The highest BCUT2D eigenvalue weighted by Gasteiger charge is 2.15. The lowest BCUT2D eigenvalue weighted by Gasteiger charge is -2.28. The van der Waals surface area contributed by atoms with Gasteiger partial charge in [-0.3, -0.25) is 0 Å². The van der Waals surface area contributed by atoms with Crippen molar-refractivity contribution in [3.8, 4) is 0 Å². The van der Waals surface area contributed by atoms with Crippen LogP contribution in [0.15, 0.2) is 12.1 Å². The van der Waals surface area contributed by atoms with Crippen molar-refractivity contribution in [1.82, 2.24) is 10.3 Å². The zero-order chi connectivity index (χ0) is 13.9. The van der Waals surface area contributed by atoms with Crippen molar-refractivity contribution in [2.75, 3.05) is 31.2 Å². The van der Waals surface area contributed by atoms with Crippen molar-refractivity contribution in [3.63, 3.8) is 0 Å². The number of halogens is 1. The van der Waals surface area contributed by atoms with Crippen LogP contribution < -0.4 is 10.2 Å². The summed E-state index contributed by atoms with van der Waals surface area (Å²) in [5.41, 5.74) is 0.959. The SMILES string of the molecule is CC(C)(C)NCc1nc(N2CCOCC2)ccc1Cl. The normalized spacial score (nSPS) is 16.7. The van der Waals surface area contributed by atoms with Crippen molar-refractivity contribution >= 4 is 17.4 Å². The highest BCUT2D eigenvalue weighted by Crippen LogP contribution is 2.20. The van der Waals surface area contributed by atoms with Crippen LogP contribution in [-0.2, 0) is 11.3 Å². The van der Waals surface area contributed by atoms with Gasteiger partial charge in [-0.1, -0.05) is 11.6 Å². The summed E-state index contributed by atoms with van der Waals surface area (Å²) in [6.45, 7) is 10.4. The van der Waals surface area contributed by atoms with Gasteiger partial charge in [-0.2, -0.15) is 0 Å². The average Bonchev–Trinajstić information content (AvgIpc) is 2.38. The Balaban J connectivity index is 2.10. The van der Waals surface area contributed by atoms with E-state index in [0.717, 1.165) is 37.8 Å². The molecule has 0 bridgehead atoms. The Bertz CT molecular complexity index is 425. The number of anilines is 1. The molecule has 2 rings (SSSR count). The maximum atomic E-state index is 6.22. The van der Waals surface area contributed by atoms with Crippen molar-refractivity contribution in [1.29, 1.82) is 0 Å². The van der Waals surface area contributed by atoms with Gasteiger partial charge in [0.1, 0.15) is 5.82 Å². The minimum Gasteiger partial charge on any atom is -0.378 e. The van der Waals surface area contributed by atoms with Gasteiger partial charge in [0.05, 0.1) is 23.9 Å². The number of aromatic nitrogens is 1. The molecule has 0 amide bonds. The van der Waals surface area contributed by atoms with E-state index in [0.29, 0.717) is 11.6 Å². The Kier molecular flexibility index (Phi) is 4.66. The summed E-state index contributed by atoms with van der Waals surface area (Å²) in [5.74, 6) is 0.985. The molecule has 1 N–H and O–H groups in total. The highest BCUT2D eigenvalue weighted by molar-refractivity contribution is 6.31. The number of pyridine rings is 1. The zero-order valence-corrected chi connectivity index (χ0v) is 12.6. The minimum atomic E-state index is 0.0555. The molecular formula is C14H22ClN3O. The first-order chi connectivity index (χ1) is 8.96. The van der Waals surface area contributed by atoms with Crippen LogP contribution in [0.3, 0.4) is 0 Å². The number of nitrogens with one attached hydrogen (secondary N) is 1. The largest absolute Gasteiger partial charge is 0.378 e. The molecule has 1 fully saturated rings. The molecule has 0 atom stereocenters. The van der Waals surface area contributed by atoms with Crippen LogP contribution in [-0.4, -0.2) is 36.8 Å². The number of nitrogens with zero attached hydrogens (tertiary/aromatic N) is 2. The third kappa shape index (κ3) is 4.34. The molecule has 1 aromatic heterocycles. The predicted octanol–water partition coefficient (Wildman–Crippen LogP) is 2.46. The van der Waals surface area contributed by atoms with E-state index in [9.17, 15) is 0 Å². The summed E-state index contributed by atoms with van der Waals surface area (Å²) in [6.07, 6.45) is 0. The zero-order valence-electron chi connectivity index (χ0n) is 11.9. The van der Waals surface area contributed by atoms with Crippen molar-refractivity contribution in [2.45, 2.75) is 32.9 Å². The van der Waals surface area contributed by atoms with E-state index >= 15 is 0 Å². The molecule has 0 radical (unpaired) electrons. The van der Waals surface area contributed by atoms with Gasteiger partial charge in [-0.05, 0) is 32.9 Å². The lowest BCUT2D eigenvalue weighted by atomic mass is 10.1. The van der Waals surface area contributed by atoms with Gasteiger partial charge in [0.15, 0.2) is 0 Å². The summed E-state index contributed by atoms with van der Waals surface area (Å²) in [7, 11) is 0.